The number of guanidine groups is 1. The maximum atomic E-state index is 13.1. The lowest BCUT2D eigenvalue weighted by molar-refractivity contribution is 0.266. The summed E-state index contributed by atoms with van der Waals surface area (Å²) in [7, 11) is 1.84. The van der Waals surface area contributed by atoms with Crippen molar-refractivity contribution < 1.29 is 4.39 Å². The normalized spacial score (nSPS) is 18.8. The summed E-state index contributed by atoms with van der Waals surface area (Å²) >= 11 is 0. The van der Waals surface area contributed by atoms with Crippen molar-refractivity contribution in [1.82, 2.24) is 10.2 Å². The number of nitrogens with one attached hydrogen (secondary N) is 1. The molecule has 0 saturated carbocycles. The van der Waals surface area contributed by atoms with Crippen molar-refractivity contribution in [1.29, 1.82) is 0 Å². The summed E-state index contributed by atoms with van der Waals surface area (Å²) in [5.74, 6) is 1.59. The van der Waals surface area contributed by atoms with Crippen LogP contribution >= 0.6 is 24.0 Å². The molecule has 0 bridgehead atoms. The molecular weight excluding hydrogens is 392 g/mol. The first-order chi connectivity index (χ1) is 10.2. The van der Waals surface area contributed by atoms with Gasteiger partial charge in [0, 0.05) is 26.7 Å². The molecule has 2 rings (SSSR count). The second-order valence-corrected chi connectivity index (χ2v) is 5.90. The monoisotopic (exact) mass is 419 g/mol. The molecule has 1 fully saturated rings. The topological polar surface area (TPSA) is 27.6 Å². The molecule has 0 aromatic heterocycles. The number of aliphatic imine (C=N–C) groups is 1. The molecule has 5 heteroatoms. The van der Waals surface area contributed by atoms with Crippen LogP contribution < -0.4 is 5.32 Å². The first-order valence-electron chi connectivity index (χ1n) is 7.89. The molecule has 3 nitrogen and oxygen atoms in total. The number of halogens is 2. The number of aryl methyl sites for hydroxylation is 1. The van der Waals surface area contributed by atoms with Gasteiger partial charge in [-0.05, 0) is 49.3 Å². The number of hydrogen-bond donors (Lipinski definition) is 1. The minimum absolute atomic E-state index is 0. The molecule has 1 aromatic carbocycles. The summed E-state index contributed by atoms with van der Waals surface area (Å²) in [6, 6.07) is 6.85. The highest BCUT2D eigenvalue weighted by atomic mass is 127. The SMILES string of the molecule is CN=C(NCCCc1cccc(F)c1)N1CCCC(C)C1.I. The van der Waals surface area contributed by atoms with Gasteiger partial charge in [-0.25, -0.2) is 4.39 Å². The molecule has 0 aliphatic carbocycles. The zero-order valence-corrected chi connectivity index (χ0v) is 15.8. The molecule has 1 atom stereocenters. The van der Waals surface area contributed by atoms with Gasteiger partial charge in [-0.15, -0.1) is 24.0 Å². The van der Waals surface area contributed by atoms with Gasteiger partial charge in [-0.2, -0.15) is 0 Å². The van der Waals surface area contributed by atoms with Crippen LogP contribution in [0.2, 0.25) is 0 Å². The van der Waals surface area contributed by atoms with Gasteiger partial charge in [0.15, 0.2) is 5.96 Å². The molecule has 1 aromatic rings. The van der Waals surface area contributed by atoms with E-state index < -0.39 is 0 Å². The van der Waals surface area contributed by atoms with E-state index in [0.717, 1.165) is 49.9 Å². The summed E-state index contributed by atoms with van der Waals surface area (Å²) in [5.41, 5.74) is 1.05. The fourth-order valence-corrected chi connectivity index (χ4v) is 2.90. The minimum atomic E-state index is -0.154. The van der Waals surface area contributed by atoms with Crippen molar-refractivity contribution in [2.45, 2.75) is 32.6 Å². The molecule has 1 saturated heterocycles. The van der Waals surface area contributed by atoms with Crippen LogP contribution in [0.25, 0.3) is 0 Å². The second kappa shape index (κ2) is 10.0. The molecule has 22 heavy (non-hydrogen) atoms. The maximum absolute atomic E-state index is 13.1. The molecule has 1 aliphatic heterocycles. The van der Waals surface area contributed by atoms with Crippen molar-refractivity contribution in [3.63, 3.8) is 0 Å². The van der Waals surface area contributed by atoms with Crippen LogP contribution in [-0.4, -0.2) is 37.5 Å². The number of benzene rings is 1. The van der Waals surface area contributed by atoms with Gasteiger partial charge in [-0.1, -0.05) is 19.1 Å². The van der Waals surface area contributed by atoms with Crippen LogP contribution in [0, 0.1) is 11.7 Å². The molecule has 1 unspecified atom stereocenters. The fraction of sp³-hybridized carbons (Fsp3) is 0.588. The van der Waals surface area contributed by atoms with E-state index in [4.69, 9.17) is 0 Å². The maximum Gasteiger partial charge on any atom is 0.193 e. The Morgan fingerprint density at radius 2 is 2.27 bits per heavy atom. The lowest BCUT2D eigenvalue weighted by Crippen LogP contribution is -2.46. The van der Waals surface area contributed by atoms with Crippen LogP contribution in [0.5, 0.6) is 0 Å². The Hall–Kier alpha value is -0.850. The predicted octanol–water partition coefficient (Wildman–Crippen LogP) is 3.68. The highest BCUT2D eigenvalue weighted by Gasteiger charge is 2.18. The third-order valence-corrected chi connectivity index (χ3v) is 3.98. The van der Waals surface area contributed by atoms with Crippen molar-refractivity contribution in [3.8, 4) is 0 Å². The minimum Gasteiger partial charge on any atom is -0.356 e. The lowest BCUT2D eigenvalue weighted by atomic mass is 10.0. The van der Waals surface area contributed by atoms with E-state index in [2.05, 4.69) is 22.1 Å². The Labute approximate surface area is 150 Å². The largest absolute Gasteiger partial charge is 0.356 e. The van der Waals surface area contributed by atoms with Crippen LogP contribution in [-0.2, 0) is 6.42 Å². The Bertz CT molecular complexity index is 479. The number of piperidine rings is 1. The van der Waals surface area contributed by atoms with Crippen molar-refractivity contribution in [2.75, 3.05) is 26.7 Å². The quantitative estimate of drug-likeness (QED) is 0.349. The van der Waals surface area contributed by atoms with Gasteiger partial charge >= 0.3 is 0 Å². The van der Waals surface area contributed by atoms with Gasteiger partial charge in [-0.3, -0.25) is 4.99 Å². The molecule has 0 radical (unpaired) electrons. The standard InChI is InChI=1S/C17H26FN3.HI/c1-14-6-5-11-21(13-14)17(19-2)20-10-4-8-15-7-3-9-16(18)12-15;/h3,7,9,12,14H,4-6,8,10-11,13H2,1-2H3,(H,19,20);1H. The summed E-state index contributed by atoms with van der Waals surface area (Å²) in [4.78, 5) is 6.72. The lowest BCUT2D eigenvalue weighted by Gasteiger charge is -2.33. The summed E-state index contributed by atoms with van der Waals surface area (Å²) in [6.07, 6.45) is 4.42. The average Bonchev–Trinajstić information content (AvgIpc) is 2.47. The smallest absolute Gasteiger partial charge is 0.193 e. The molecule has 0 spiro atoms. The zero-order valence-electron chi connectivity index (χ0n) is 13.5. The fourth-order valence-electron chi connectivity index (χ4n) is 2.90. The van der Waals surface area contributed by atoms with Gasteiger partial charge in [0.1, 0.15) is 5.82 Å². The average molecular weight is 419 g/mol. The van der Waals surface area contributed by atoms with Gasteiger partial charge in [0.2, 0.25) is 0 Å². The van der Waals surface area contributed by atoms with E-state index in [1.165, 1.54) is 18.9 Å². The van der Waals surface area contributed by atoms with E-state index >= 15 is 0 Å². The third-order valence-electron chi connectivity index (χ3n) is 3.98. The van der Waals surface area contributed by atoms with E-state index in [1.807, 2.05) is 13.1 Å². The molecular formula is C17H27FIN3. The number of nitrogens with zero attached hydrogens (tertiary/aromatic N) is 2. The van der Waals surface area contributed by atoms with Gasteiger partial charge in [0.25, 0.3) is 0 Å². The summed E-state index contributed by atoms with van der Waals surface area (Å²) < 4.78 is 13.1. The van der Waals surface area contributed by atoms with Crippen molar-refractivity contribution in [2.24, 2.45) is 10.9 Å². The van der Waals surface area contributed by atoms with Gasteiger partial charge in [0.05, 0.1) is 0 Å². The zero-order chi connectivity index (χ0) is 15.1. The summed E-state index contributed by atoms with van der Waals surface area (Å²) in [6.45, 7) is 5.34. The van der Waals surface area contributed by atoms with E-state index in [9.17, 15) is 4.39 Å². The molecule has 124 valence electrons. The van der Waals surface area contributed by atoms with E-state index in [0.29, 0.717) is 0 Å². The number of likely N-dealkylation sites (tertiary alicyclic amines) is 1. The Kier molecular flexibility index (Phi) is 8.75. The second-order valence-electron chi connectivity index (χ2n) is 5.90. The van der Waals surface area contributed by atoms with Crippen LogP contribution in [0.3, 0.4) is 0 Å². The highest BCUT2D eigenvalue weighted by Crippen LogP contribution is 2.15. The Balaban J connectivity index is 0.00000242. The molecule has 1 N–H and O–H groups in total. The first kappa shape index (κ1) is 19.2. The summed E-state index contributed by atoms with van der Waals surface area (Å²) in [5, 5.41) is 3.43. The van der Waals surface area contributed by atoms with Crippen LogP contribution in [0.15, 0.2) is 29.3 Å². The Morgan fingerprint density at radius 3 is 2.95 bits per heavy atom. The van der Waals surface area contributed by atoms with Crippen molar-refractivity contribution in [3.05, 3.63) is 35.6 Å². The number of hydrogen-bond acceptors (Lipinski definition) is 1. The molecule has 1 aliphatic rings. The van der Waals surface area contributed by atoms with Crippen LogP contribution in [0.4, 0.5) is 4.39 Å². The Morgan fingerprint density at radius 1 is 1.45 bits per heavy atom. The van der Waals surface area contributed by atoms with Crippen LogP contribution in [0.1, 0.15) is 31.7 Å². The van der Waals surface area contributed by atoms with E-state index in [-0.39, 0.29) is 29.8 Å². The number of rotatable bonds is 4. The molecule has 0 amide bonds. The van der Waals surface area contributed by atoms with Crippen molar-refractivity contribution >= 4 is 29.9 Å². The first-order valence-corrected chi connectivity index (χ1v) is 7.89. The van der Waals surface area contributed by atoms with E-state index in [1.54, 1.807) is 12.1 Å². The predicted molar refractivity (Wildman–Crippen MR) is 101 cm³/mol. The highest BCUT2D eigenvalue weighted by molar-refractivity contribution is 14.0. The third kappa shape index (κ3) is 6.10. The van der Waals surface area contributed by atoms with Gasteiger partial charge < -0.3 is 10.2 Å². The molecule has 1 heterocycles.